The van der Waals surface area contributed by atoms with Crippen molar-refractivity contribution in [3.8, 4) is 51.0 Å². The Morgan fingerprint density at radius 1 is 0.562 bits per heavy atom. The lowest BCUT2D eigenvalue weighted by Crippen LogP contribution is -1.86. The fourth-order valence-electron chi connectivity index (χ4n) is 4.05. The van der Waals surface area contributed by atoms with E-state index >= 15 is 0 Å². The van der Waals surface area contributed by atoms with E-state index in [9.17, 15) is 0 Å². The average Bonchev–Trinajstić information content (AvgIpc) is 3.31. The molecule has 0 atom stereocenters. The highest BCUT2D eigenvalue weighted by molar-refractivity contribution is 5.88. The molecule has 4 aromatic carbocycles. The van der Waals surface area contributed by atoms with Crippen LogP contribution in [0.25, 0.3) is 44.9 Å². The molecule has 1 heterocycles. The molecule has 2 nitrogen and oxygen atoms in total. The number of rotatable bonds is 5. The third-order valence-corrected chi connectivity index (χ3v) is 5.57. The van der Waals surface area contributed by atoms with Crippen molar-refractivity contribution >= 4 is 0 Å². The molecule has 0 amide bonds. The zero-order valence-corrected chi connectivity index (χ0v) is 17.5. The Hall–Kier alpha value is -4.35. The molecule has 0 radical (unpaired) electrons. The summed E-state index contributed by atoms with van der Waals surface area (Å²) in [5, 5.41) is 9.10. The normalized spacial score (nSPS) is 10.6. The van der Waals surface area contributed by atoms with Crippen molar-refractivity contribution in [1.82, 2.24) is 0 Å². The maximum Gasteiger partial charge on any atom is 0.142 e. The van der Waals surface area contributed by atoms with Gasteiger partial charge in [-0.1, -0.05) is 109 Å². The van der Waals surface area contributed by atoms with Crippen LogP contribution in [0.15, 0.2) is 120 Å². The highest BCUT2D eigenvalue weighted by Crippen LogP contribution is 2.41. The fraction of sp³-hybridized carbons (Fsp3) is 0.0333. The Bertz CT molecular complexity index is 1330. The van der Waals surface area contributed by atoms with Crippen molar-refractivity contribution in [2.45, 2.75) is 6.42 Å². The first-order chi connectivity index (χ1) is 15.8. The molecule has 0 unspecified atom stereocenters. The third-order valence-electron chi connectivity index (χ3n) is 5.57. The summed E-state index contributed by atoms with van der Waals surface area (Å²) in [6, 6.07) is 41.4. The molecule has 1 aromatic heterocycles. The minimum Gasteiger partial charge on any atom is -0.455 e. The standard InChI is InChI=1S/C30H21NO/c31-19-18-22-10-9-15-25(20-22)26-16-7-8-17-27(26)29-21-28(23-11-3-1-4-12-23)30(32-29)24-13-5-2-6-14-24/h1-17,20-21H,18H2. The van der Waals surface area contributed by atoms with Gasteiger partial charge < -0.3 is 4.42 Å². The summed E-state index contributed by atoms with van der Waals surface area (Å²) in [5.74, 6) is 1.68. The molecule has 32 heavy (non-hydrogen) atoms. The first-order valence-electron chi connectivity index (χ1n) is 10.6. The van der Waals surface area contributed by atoms with Gasteiger partial charge in [-0.05, 0) is 28.3 Å². The van der Waals surface area contributed by atoms with Crippen LogP contribution >= 0.6 is 0 Å². The van der Waals surface area contributed by atoms with E-state index in [1.165, 1.54) is 0 Å². The zero-order chi connectivity index (χ0) is 21.8. The molecule has 5 rings (SSSR count). The van der Waals surface area contributed by atoms with Gasteiger partial charge in [-0.2, -0.15) is 5.26 Å². The zero-order valence-electron chi connectivity index (χ0n) is 17.5. The van der Waals surface area contributed by atoms with Gasteiger partial charge in [0.15, 0.2) is 0 Å². The van der Waals surface area contributed by atoms with E-state index in [2.05, 4.69) is 60.7 Å². The summed E-state index contributed by atoms with van der Waals surface area (Å²) in [6.07, 6.45) is 0.396. The SMILES string of the molecule is N#CCc1cccc(-c2ccccc2-c2cc(-c3ccccc3)c(-c3ccccc3)o2)c1. The molecule has 152 valence electrons. The molecule has 0 bridgehead atoms. The van der Waals surface area contributed by atoms with E-state index in [1.807, 2.05) is 60.7 Å². The van der Waals surface area contributed by atoms with Crippen LogP contribution in [0.4, 0.5) is 0 Å². The monoisotopic (exact) mass is 411 g/mol. The van der Waals surface area contributed by atoms with Crippen LogP contribution in [-0.4, -0.2) is 0 Å². The fourth-order valence-corrected chi connectivity index (χ4v) is 4.05. The molecule has 0 aliphatic rings. The second-order valence-corrected chi connectivity index (χ2v) is 7.67. The molecule has 0 N–H and O–H groups in total. The van der Waals surface area contributed by atoms with Crippen molar-refractivity contribution in [1.29, 1.82) is 5.26 Å². The van der Waals surface area contributed by atoms with Crippen LogP contribution in [-0.2, 0) is 6.42 Å². The first-order valence-corrected chi connectivity index (χ1v) is 10.6. The molecule has 5 aromatic rings. The Balaban J connectivity index is 1.68. The van der Waals surface area contributed by atoms with Crippen molar-refractivity contribution in [3.63, 3.8) is 0 Å². The molecule has 0 spiro atoms. The third kappa shape index (κ3) is 3.85. The van der Waals surface area contributed by atoms with Gasteiger partial charge in [-0.3, -0.25) is 0 Å². The minimum absolute atomic E-state index is 0.396. The van der Waals surface area contributed by atoms with E-state index in [0.717, 1.165) is 50.5 Å². The maximum absolute atomic E-state index is 9.10. The lowest BCUT2D eigenvalue weighted by Gasteiger charge is -2.09. The number of benzene rings is 4. The van der Waals surface area contributed by atoms with Crippen LogP contribution in [0.5, 0.6) is 0 Å². The molecule has 0 saturated carbocycles. The summed E-state index contributed by atoms with van der Waals surface area (Å²) >= 11 is 0. The predicted molar refractivity (Wildman–Crippen MR) is 130 cm³/mol. The molecular weight excluding hydrogens is 390 g/mol. The first kappa shape index (κ1) is 19.6. The number of hydrogen-bond acceptors (Lipinski definition) is 2. The average molecular weight is 412 g/mol. The second kappa shape index (κ2) is 8.79. The van der Waals surface area contributed by atoms with E-state index < -0.39 is 0 Å². The Kier molecular flexibility index (Phi) is 5.39. The Labute approximate surface area is 188 Å². The quantitative estimate of drug-likeness (QED) is 0.294. The summed E-state index contributed by atoms with van der Waals surface area (Å²) < 4.78 is 6.53. The van der Waals surface area contributed by atoms with E-state index in [0.29, 0.717) is 6.42 Å². The molecule has 0 fully saturated rings. The molecule has 0 aliphatic carbocycles. The molecule has 0 saturated heterocycles. The predicted octanol–water partition coefficient (Wildman–Crippen LogP) is 8.01. The van der Waals surface area contributed by atoms with Gasteiger partial charge in [0, 0.05) is 16.7 Å². The van der Waals surface area contributed by atoms with Crippen molar-refractivity contribution in [2.24, 2.45) is 0 Å². The summed E-state index contributed by atoms with van der Waals surface area (Å²) in [5.41, 5.74) is 7.43. The van der Waals surface area contributed by atoms with Gasteiger partial charge in [0.2, 0.25) is 0 Å². The van der Waals surface area contributed by atoms with E-state index in [-0.39, 0.29) is 0 Å². The lowest BCUT2D eigenvalue weighted by atomic mass is 9.95. The van der Waals surface area contributed by atoms with Gasteiger partial charge >= 0.3 is 0 Å². The molecular formula is C30H21NO. The van der Waals surface area contributed by atoms with Gasteiger partial charge in [0.05, 0.1) is 12.5 Å². The van der Waals surface area contributed by atoms with Gasteiger partial charge in [-0.25, -0.2) is 0 Å². The second-order valence-electron chi connectivity index (χ2n) is 7.67. The summed E-state index contributed by atoms with van der Waals surface area (Å²) in [4.78, 5) is 0. The molecule has 2 heteroatoms. The van der Waals surface area contributed by atoms with Crippen LogP contribution in [0.3, 0.4) is 0 Å². The van der Waals surface area contributed by atoms with E-state index in [1.54, 1.807) is 0 Å². The number of nitrogens with zero attached hydrogens (tertiary/aromatic N) is 1. The van der Waals surface area contributed by atoms with Crippen LogP contribution in [0.1, 0.15) is 5.56 Å². The summed E-state index contributed by atoms with van der Waals surface area (Å²) in [6.45, 7) is 0. The Morgan fingerprint density at radius 3 is 1.91 bits per heavy atom. The minimum atomic E-state index is 0.396. The van der Waals surface area contributed by atoms with Crippen molar-refractivity contribution < 1.29 is 4.42 Å². The van der Waals surface area contributed by atoms with Crippen LogP contribution in [0, 0.1) is 11.3 Å². The van der Waals surface area contributed by atoms with Crippen molar-refractivity contribution in [3.05, 3.63) is 121 Å². The highest BCUT2D eigenvalue weighted by Gasteiger charge is 2.18. The summed E-state index contributed by atoms with van der Waals surface area (Å²) in [7, 11) is 0. The maximum atomic E-state index is 9.10. The number of nitriles is 1. The smallest absolute Gasteiger partial charge is 0.142 e. The Morgan fingerprint density at radius 2 is 1.19 bits per heavy atom. The topological polar surface area (TPSA) is 36.9 Å². The highest BCUT2D eigenvalue weighted by atomic mass is 16.3. The number of furan rings is 1. The van der Waals surface area contributed by atoms with E-state index in [4.69, 9.17) is 9.68 Å². The van der Waals surface area contributed by atoms with Gasteiger partial charge in [0.25, 0.3) is 0 Å². The van der Waals surface area contributed by atoms with Crippen molar-refractivity contribution in [2.75, 3.05) is 0 Å². The van der Waals surface area contributed by atoms with Crippen LogP contribution in [0.2, 0.25) is 0 Å². The van der Waals surface area contributed by atoms with Gasteiger partial charge in [-0.15, -0.1) is 0 Å². The van der Waals surface area contributed by atoms with Crippen LogP contribution < -0.4 is 0 Å². The lowest BCUT2D eigenvalue weighted by molar-refractivity contribution is 0.598. The van der Waals surface area contributed by atoms with Gasteiger partial charge in [0.1, 0.15) is 11.5 Å². The number of hydrogen-bond donors (Lipinski definition) is 0. The largest absolute Gasteiger partial charge is 0.455 e. The molecule has 0 aliphatic heterocycles.